The molecule has 0 bridgehead atoms. The number of anilines is 1. The van der Waals surface area contributed by atoms with Crippen molar-refractivity contribution >= 4 is 32.0 Å². The summed E-state index contributed by atoms with van der Waals surface area (Å²) in [6.45, 7) is 5.04. The molecule has 9 heteroatoms. The molecule has 4 N–H and O–H groups in total. The van der Waals surface area contributed by atoms with Gasteiger partial charge in [-0.25, -0.2) is 0 Å². The van der Waals surface area contributed by atoms with Crippen LogP contribution >= 0.6 is 8.20 Å². The van der Waals surface area contributed by atoms with E-state index in [1.165, 1.54) is 5.56 Å². The van der Waals surface area contributed by atoms with E-state index in [4.69, 9.17) is 0 Å². The number of aliphatic hydroxyl groups is 1. The molecule has 0 aromatic heterocycles. The van der Waals surface area contributed by atoms with Crippen molar-refractivity contribution in [1.29, 1.82) is 0 Å². The standard InChI is InChI=1S/C33H42N5O3P/c1-23(25-13-9-6-10-14-25)35-32(40)26-17-27(19-28(18-26)37(2)3)33(41)36-30(22-42-4)31(39)29-21-38(16-15-34-29)20-24-11-7-5-8-12-24/h5-14,17-19,23,29-31,34,39H,4,15-16,20-22H2,1-3H3,(H,35,40)(H,36,41). The monoisotopic (exact) mass is 587 g/mol. The molecule has 42 heavy (non-hydrogen) atoms. The lowest BCUT2D eigenvalue weighted by Crippen LogP contribution is -2.61. The molecule has 8 nitrogen and oxygen atoms in total. The molecule has 4 atom stereocenters. The predicted molar refractivity (Wildman–Crippen MR) is 173 cm³/mol. The highest BCUT2D eigenvalue weighted by atomic mass is 31.1. The Hall–Kier alpha value is -3.55. The molecule has 3 aromatic carbocycles. The van der Waals surface area contributed by atoms with Gasteiger partial charge in [-0.2, -0.15) is 0 Å². The van der Waals surface area contributed by atoms with E-state index in [1.54, 1.807) is 18.2 Å². The first-order chi connectivity index (χ1) is 20.2. The first kappa shape index (κ1) is 31.4. The van der Waals surface area contributed by atoms with Crippen LogP contribution in [0, 0.1) is 0 Å². The summed E-state index contributed by atoms with van der Waals surface area (Å²) < 4.78 is 0. The number of carbonyl (C=O) groups excluding carboxylic acids is 2. The molecule has 4 rings (SSSR count). The van der Waals surface area contributed by atoms with Gasteiger partial charge in [-0.1, -0.05) is 67.0 Å². The molecule has 1 aliphatic rings. The zero-order chi connectivity index (χ0) is 30.1. The van der Waals surface area contributed by atoms with Gasteiger partial charge < -0.3 is 26.0 Å². The number of benzene rings is 3. The van der Waals surface area contributed by atoms with Gasteiger partial charge in [0.15, 0.2) is 0 Å². The largest absolute Gasteiger partial charge is 0.389 e. The van der Waals surface area contributed by atoms with Crippen LogP contribution in [0.3, 0.4) is 0 Å². The van der Waals surface area contributed by atoms with Gasteiger partial charge >= 0.3 is 0 Å². The number of amides is 2. The molecular weight excluding hydrogens is 545 g/mol. The molecule has 0 saturated carbocycles. The third-order valence-electron chi connectivity index (χ3n) is 7.61. The van der Waals surface area contributed by atoms with Gasteiger partial charge in [-0.15, -0.1) is 8.20 Å². The van der Waals surface area contributed by atoms with Crippen molar-refractivity contribution in [1.82, 2.24) is 20.9 Å². The molecule has 4 unspecified atom stereocenters. The Bertz CT molecular complexity index is 1340. The Morgan fingerprint density at radius 3 is 2.26 bits per heavy atom. The summed E-state index contributed by atoms with van der Waals surface area (Å²) in [7, 11) is 4.56. The maximum Gasteiger partial charge on any atom is 0.251 e. The van der Waals surface area contributed by atoms with E-state index in [1.807, 2.05) is 74.4 Å². The van der Waals surface area contributed by atoms with Crippen LogP contribution in [0.5, 0.6) is 0 Å². The zero-order valence-electron chi connectivity index (χ0n) is 24.7. The van der Waals surface area contributed by atoms with E-state index in [0.717, 1.165) is 39.1 Å². The quantitative estimate of drug-likeness (QED) is 0.242. The lowest BCUT2D eigenvalue weighted by atomic mass is 10.0. The van der Waals surface area contributed by atoms with Crippen LogP contribution in [0.2, 0.25) is 0 Å². The van der Waals surface area contributed by atoms with Crippen molar-refractivity contribution in [2.75, 3.05) is 44.8 Å². The molecule has 222 valence electrons. The summed E-state index contributed by atoms with van der Waals surface area (Å²) in [5, 5.41) is 21.0. The number of nitrogens with one attached hydrogen (secondary N) is 3. The fraction of sp³-hybridized carbons (Fsp3) is 0.364. The summed E-state index contributed by atoms with van der Waals surface area (Å²) in [5.41, 5.74) is 3.71. The van der Waals surface area contributed by atoms with Crippen LogP contribution < -0.4 is 20.9 Å². The molecule has 0 radical (unpaired) electrons. The van der Waals surface area contributed by atoms with Crippen LogP contribution in [0.15, 0.2) is 78.9 Å². The second-order valence-electron chi connectivity index (χ2n) is 11.0. The molecule has 1 saturated heterocycles. The van der Waals surface area contributed by atoms with Gasteiger partial charge in [-0.3, -0.25) is 14.5 Å². The van der Waals surface area contributed by atoms with E-state index in [-0.39, 0.29) is 23.9 Å². The molecule has 0 spiro atoms. The van der Waals surface area contributed by atoms with E-state index < -0.39 is 12.1 Å². The van der Waals surface area contributed by atoms with Gasteiger partial charge in [0.2, 0.25) is 0 Å². The molecule has 1 heterocycles. The number of piperazine rings is 1. The lowest BCUT2D eigenvalue weighted by molar-refractivity contribution is 0.0515. The van der Waals surface area contributed by atoms with Crippen LogP contribution in [0.4, 0.5) is 5.69 Å². The smallest absolute Gasteiger partial charge is 0.251 e. The Morgan fingerprint density at radius 2 is 1.64 bits per heavy atom. The van der Waals surface area contributed by atoms with E-state index in [0.29, 0.717) is 23.8 Å². The van der Waals surface area contributed by atoms with Gasteiger partial charge in [0.05, 0.1) is 18.2 Å². The molecule has 1 fully saturated rings. The molecule has 3 aromatic rings. The highest BCUT2D eigenvalue weighted by Crippen LogP contribution is 2.21. The predicted octanol–water partition coefficient (Wildman–Crippen LogP) is 3.56. The second kappa shape index (κ2) is 15.1. The Kier molecular flexibility index (Phi) is 11.3. The van der Waals surface area contributed by atoms with Crippen molar-refractivity contribution in [2.45, 2.75) is 37.7 Å². The van der Waals surface area contributed by atoms with Gasteiger partial charge in [0.1, 0.15) is 0 Å². The fourth-order valence-corrected chi connectivity index (χ4v) is 5.79. The molecule has 1 aliphatic heterocycles. The third-order valence-corrected chi connectivity index (χ3v) is 8.26. The first-order valence-corrected chi connectivity index (χ1v) is 15.6. The van der Waals surface area contributed by atoms with Crippen molar-refractivity contribution in [2.24, 2.45) is 0 Å². The third kappa shape index (κ3) is 8.49. The van der Waals surface area contributed by atoms with E-state index in [9.17, 15) is 14.7 Å². The summed E-state index contributed by atoms with van der Waals surface area (Å²) in [6.07, 6.45) is 3.64. The second-order valence-corrected chi connectivity index (χ2v) is 11.8. The number of rotatable bonds is 12. The molecule has 0 aliphatic carbocycles. The SMILES string of the molecule is C=PCC(NC(=O)c1cc(C(=O)NC(C)c2ccccc2)cc(N(C)C)c1)C(O)C1CN(Cc2ccccc2)CCN1. The number of hydrogen-bond donors (Lipinski definition) is 4. The van der Waals surface area contributed by atoms with E-state index in [2.05, 4.69) is 39.3 Å². The average Bonchev–Trinajstić information content (AvgIpc) is 3.01. The zero-order valence-corrected chi connectivity index (χ0v) is 25.6. The maximum atomic E-state index is 13.6. The summed E-state index contributed by atoms with van der Waals surface area (Å²) in [5.74, 6) is -0.601. The van der Waals surface area contributed by atoms with Crippen molar-refractivity contribution in [3.05, 3.63) is 101 Å². The minimum Gasteiger partial charge on any atom is -0.389 e. The highest BCUT2D eigenvalue weighted by Gasteiger charge is 2.32. The fourth-order valence-electron chi connectivity index (χ4n) is 5.20. The average molecular weight is 588 g/mol. The summed E-state index contributed by atoms with van der Waals surface area (Å²) in [6, 6.07) is 24.3. The highest BCUT2D eigenvalue weighted by molar-refractivity contribution is 7.36. The molecular formula is C33H42N5O3P. The van der Waals surface area contributed by atoms with Gasteiger partial charge in [-0.05, 0) is 36.2 Å². The van der Waals surface area contributed by atoms with Crippen LogP contribution in [-0.4, -0.2) is 86.2 Å². The number of aliphatic hydroxyl groups excluding tert-OH is 1. The Balaban J connectivity index is 1.47. The maximum absolute atomic E-state index is 13.6. The van der Waals surface area contributed by atoms with Gasteiger partial charge in [0, 0.05) is 69.3 Å². The minimum absolute atomic E-state index is 0.195. The number of carbonyl (C=O) groups is 2. The summed E-state index contributed by atoms with van der Waals surface area (Å²) in [4.78, 5) is 31.0. The topological polar surface area (TPSA) is 96.9 Å². The minimum atomic E-state index is -0.812. The lowest BCUT2D eigenvalue weighted by Gasteiger charge is -2.38. The normalized spacial score (nSPS) is 17.7. The Labute approximate surface area is 250 Å². The Morgan fingerprint density at radius 1 is 1.02 bits per heavy atom. The van der Waals surface area contributed by atoms with Crippen LogP contribution in [0.1, 0.15) is 44.8 Å². The molecule has 2 amide bonds. The van der Waals surface area contributed by atoms with Gasteiger partial charge in [0.25, 0.3) is 11.8 Å². The number of nitrogens with zero attached hydrogens (tertiary/aromatic N) is 2. The summed E-state index contributed by atoms with van der Waals surface area (Å²) >= 11 is 0. The number of hydrogen-bond acceptors (Lipinski definition) is 6. The van der Waals surface area contributed by atoms with E-state index >= 15 is 0 Å². The van der Waals surface area contributed by atoms with Crippen LogP contribution in [0.25, 0.3) is 0 Å². The first-order valence-electron chi connectivity index (χ1n) is 14.3. The van der Waals surface area contributed by atoms with Crippen molar-refractivity contribution in [3.63, 3.8) is 0 Å². The van der Waals surface area contributed by atoms with Crippen molar-refractivity contribution < 1.29 is 14.7 Å². The van der Waals surface area contributed by atoms with Crippen LogP contribution in [-0.2, 0) is 6.54 Å². The van der Waals surface area contributed by atoms with Crippen molar-refractivity contribution in [3.8, 4) is 0 Å².